The molecule has 1 heterocycles. The Morgan fingerprint density at radius 1 is 1.06 bits per heavy atom. The summed E-state index contributed by atoms with van der Waals surface area (Å²) in [7, 11) is 3.00. The van der Waals surface area contributed by atoms with Crippen LogP contribution in [0.1, 0.15) is 35.2 Å². The van der Waals surface area contributed by atoms with Gasteiger partial charge in [-0.15, -0.1) is 11.3 Å². The van der Waals surface area contributed by atoms with E-state index in [1.165, 1.54) is 14.2 Å². The highest BCUT2D eigenvalue weighted by Gasteiger charge is 2.14. The van der Waals surface area contributed by atoms with Crippen LogP contribution in [-0.4, -0.2) is 50.0 Å². The number of nitrogens with one attached hydrogen (secondary N) is 2. The molecule has 0 saturated heterocycles. The molecule has 0 radical (unpaired) electrons. The van der Waals surface area contributed by atoms with Gasteiger partial charge in [-0.2, -0.15) is 5.10 Å². The number of amides is 2. The predicted octanol–water partition coefficient (Wildman–Crippen LogP) is 3.33. The van der Waals surface area contributed by atoms with Gasteiger partial charge in [0, 0.05) is 33.2 Å². The maximum Gasteiger partial charge on any atom is 0.259 e. The molecule has 3 rings (SSSR count). The highest BCUT2D eigenvalue weighted by Crippen LogP contribution is 2.28. The van der Waals surface area contributed by atoms with E-state index >= 15 is 0 Å². The van der Waals surface area contributed by atoms with Crippen LogP contribution in [0.5, 0.6) is 11.5 Å². The number of carbonyl (C=O) groups is 2. The number of rotatable bonds is 11. The zero-order chi connectivity index (χ0) is 23.6. The first-order chi connectivity index (χ1) is 16.1. The van der Waals surface area contributed by atoms with E-state index in [-0.39, 0.29) is 13.2 Å². The number of unbranched alkanes of at least 4 members (excludes halogenated alkanes) is 1. The summed E-state index contributed by atoms with van der Waals surface area (Å²) in [6.45, 7) is -0.128. The van der Waals surface area contributed by atoms with Crippen LogP contribution in [0.4, 0.5) is 0 Å². The van der Waals surface area contributed by atoms with E-state index in [0.717, 1.165) is 27.8 Å². The molecular formula is C24H27N3O5S. The summed E-state index contributed by atoms with van der Waals surface area (Å²) in [4.78, 5) is 24.8. The summed E-state index contributed by atoms with van der Waals surface area (Å²) in [6, 6.07) is 12.8. The Kier molecular flexibility index (Phi) is 8.79. The van der Waals surface area contributed by atoms with Gasteiger partial charge in [0.1, 0.15) is 0 Å². The molecule has 2 aromatic carbocycles. The molecule has 3 aromatic rings. The van der Waals surface area contributed by atoms with Crippen LogP contribution in [0.3, 0.4) is 0 Å². The van der Waals surface area contributed by atoms with Gasteiger partial charge in [-0.3, -0.25) is 9.59 Å². The lowest BCUT2D eigenvalue weighted by atomic mass is 10.0. The monoisotopic (exact) mass is 469 g/mol. The molecular weight excluding hydrogens is 442 g/mol. The second kappa shape index (κ2) is 12.0. The Balaban J connectivity index is 1.65. The van der Waals surface area contributed by atoms with Crippen LogP contribution in [-0.2, 0) is 4.79 Å². The van der Waals surface area contributed by atoms with Crippen LogP contribution >= 0.6 is 11.3 Å². The van der Waals surface area contributed by atoms with Gasteiger partial charge in [-0.05, 0) is 43.5 Å². The van der Waals surface area contributed by atoms with Crippen LogP contribution < -0.4 is 20.2 Å². The number of methoxy groups -OCH3 is 2. The van der Waals surface area contributed by atoms with E-state index in [0.29, 0.717) is 29.9 Å². The van der Waals surface area contributed by atoms with Gasteiger partial charge in [0.05, 0.1) is 26.5 Å². The minimum Gasteiger partial charge on any atom is -0.493 e. The van der Waals surface area contributed by atoms with Gasteiger partial charge < -0.3 is 19.9 Å². The number of hydrazone groups is 1. The third-order valence-corrected chi connectivity index (χ3v) is 5.95. The number of thiophene rings is 1. The first-order valence-corrected chi connectivity index (χ1v) is 11.4. The van der Waals surface area contributed by atoms with E-state index in [4.69, 9.17) is 14.6 Å². The van der Waals surface area contributed by atoms with Crippen LogP contribution in [0.2, 0.25) is 0 Å². The standard InChI is InChI=1S/C24H27N3O5S/c1-31-20-11-10-16(13-21(20)32-2)24(30)25-14-23(29)27-26-19(8-5-6-12-28)18-15-33-22-9-4-3-7-17(18)22/h3-4,7,9-11,13,15,28H,5-6,8,12,14H2,1-2H3,(H,25,30)(H,27,29). The molecule has 0 fully saturated rings. The third-order valence-electron chi connectivity index (χ3n) is 4.98. The molecule has 174 valence electrons. The van der Waals surface area contributed by atoms with Crippen molar-refractivity contribution in [1.29, 1.82) is 0 Å². The molecule has 0 aliphatic rings. The van der Waals surface area contributed by atoms with Gasteiger partial charge in [0.25, 0.3) is 11.8 Å². The zero-order valence-corrected chi connectivity index (χ0v) is 19.4. The summed E-state index contributed by atoms with van der Waals surface area (Å²) >= 11 is 1.61. The molecule has 2 amide bonds. The molecule has 33 heavy (non-hydrogen) atoms. The van der Waals surface area contributed by atoms with Gasteiger partial charge in [0.15, 0.2) is 11.5 Å². The SMILES string of the molecule is COc1ccc(C(=O)NCC(=O)NN=C(CCCCO)c2csc3ccccc23)cc1OC. The molecule has 9 heteroatoms. The summed E-state index contributed by atoms with van der Waals surface area (Å²) in [5, 5.41) is 19.1. The van der Waals surface area contributed by atoms with E-state index in [2.05, 4.69) is 15.8 Å². The van der Waals surface area contributed by atoms with Crippen molar-refractivity contribution in [3.63, 3.8) is 0 Å². The van der Waals surface area contributed by atoms with E-state index in [1.54, 1.807) is 29.5 Å². The van der Waals surface area contributed by atoms with Gasteiger partial charge in [-0.1, -0.05) is 18.2 Å². The third kappa shape index (κ3) is 6.30. The van der Waals surface area contributed by atoms with E-state index in [9.17, 15) is 9.59 Å². The number of aliphatic hydroxyl groups excluding tert-OH is 1. The number of ether oxygens (including phenoxy) is 2. The Morgan fingerprint density at radius 3 is 2.61 bits per heavy atom. The molecule has 0 bridgehead atoms. The van der Waals surface area contributed by atoms with Crippen molar-refractivity contribution >= 4 is 38.9 Å². The van der Waals surface area contributed by atoms with Crippen molar-refractivity contribution in [1.82, 2.24) is 10.7 Å². The Hall–Kier alpha value is -3.43. The quantitative estimate of drug-likeness (QED) is 0.227. The molecule has 0 spiro atoms. The molecule has 0 unspecified atom stereocenters. The highest BCUT2D eigenvalue weighted by atomic mass is 32.1. The average Bonchev–Trinajstić information content (AvgIpc) is 3.28. The molecule has 0 atom stereocenters. The normalized spacial score (nSPS) is 11.3. The largest absolute Gasteiger partial charge is 0.493 e. The van der Waals surface area contributed by atoms with Crippen molar-refractivity contribution in [3.8, 4) is 11.5 Å². The molecule has 3 N–H and O–H groups in total. The Labute approximate surface area is 196 Å². The number of hydrogen-bond donors (Lipinski definition) is 3. The predicted molar refractivity (Wildman–Crippen MR) is 129 cm³/mol. The fraction of sp³-hybridized carbons (Fsp3) is 0.292. The maximum absolute atomic E-state index is 12.4. The van der Waals surface area contributed by atoms with Gasteiger partial charge in [-0.25, -0.2) is 5.43 Å². The minimum atomic E-state index is -0.442. The zero-order valence-electron chi connectivity index (χ0n) is 18.6. The minimum absolute atomic E-state index is 0.103. The first kappa shape index (κ1) is 24.2. The summed E-state index contributed by atoms with van der Waals surface area (Å²) in [5.41, 5.74) is 4.59. The fourth-order valence-electron chi connectivity index (χ4n) is 3.27. The smallest absolute Gasteiger partial charge is 0.259 e. The molecule has 0 saturated carbocycles. The fourth-order valence-corrected chi connectivity index (χ4v) is 4.24. The second-order valence-electron chi connectivity index (χ2n) is 7.17. The van der Waals surface area contributed by atoms with Crippen molar-refractivity contribution in [3.05, 3.63) is 59.0 Å². The molecule has 1 aromatic heterocycles. The van der Waals surface area contributed by atoms with E-state index < -0.39 is 11.8 Å². The number of carbonyl (C=O) groups excluding carboxylic acids is 2. The van der Waals surface area contributed by atoms with Crippen molar-refractivity contribution < 1.29 is 24.2 Å². The lowest BCUT2D eigenvalue weighted by molar-refractivity contribution is -0.120. The number of aliphatic hydroxyl groups is 1. The molecule has 0 aliphatic heterocycles. The Morgan fingerprint density at radius 2 is 1.85 bits per heavy atom. The topological polar surface area (TPSA) is 109 Å². The number of benzene rings is 2. The molecule has 8 nitrogen and oxygen atoms in total. The van der Waals surface area contributed by atoms with Gasteiger partial charge >= 0.3 is 0 Å². The number of fused-ring (bicyclic) bond motifs is 1. The average molecular weight is 470 g/mol. The lowest BCUT2D eigenvalue weighted by Crippen LogP contribution is -2.35. The lowest BCUT2D eigenvalue weighted by Gasteiger charge is -2.10. The summed E-state index contributed by atoms with van der Waals surface area (Å²) in [6.07, 6.45) is 2.00. The van der Waals surface area contributed by atoms with Gasteiger partial charge in [0.2, 0.25) is 0 Å². The number of hydrogen-bond acceptors (Lipinski definition) is 7. The number of nitrogens with zero attached hydrogens (tertiary/aromatic N) is 1. The highest BCUT2D eigenvalue weighted by molar-refractivity contribution is 7.17. The maximum atomic E-state index is 12.4. The summed E-state index contributed by atoms with van der Waals surface area (Å²) in [5.74, 6) is 0.0793. The van der Waals surface area contributed by atoms with Crippen LogP contribution in [0.15, 0.2) is 52.9 Å². The second-order valence-corrected chi connectivity index (χ2v) is 8.08. The van der Waals surface area contributed by atoms with Crippen molar-refractivity contribution in [2.75, 3.05) is 27.4 Å². The van der Waals surface area contributed by atoms with Crippen LogP contribution in [0.25, 0.3) is 10.1 Å². The first-order valence-electron chi connectivity index (χ1n) is 10.5. The van der Waals surface area contributed by atoms with Crippen molar-refractivity contribution in [2.24, 2.45) is 5.10 Å². The van der Waals surface area contributed by atoms with E-state index in [1.807, 2.05) is 29.6 Å². The Bertz CT molecular complexity index is 1140. The van der Waals surface area contributed by atoms with Crippen molar-refractivity contribution in [2.45, 2.75) is 19.3 Å². The summed E-state index contributed by atoms with van der Waals surface area (Å²) < 4.78 is 11.5. The molecule has 0 aliphatic carbocycles. The van der Waals surface area contributed by atoms with Crippen LogP contribution in [0, 0.1) is 0 Å².